The highest BCUT2D eigenvalue weighted by Crippen LogP contribution is 2.31. The summed E-state index contributed by atoms with van der Waals surface area (Å²) in [5.41, 5.74) is 9.88. The van der Waals surface area contributed by atoms with E-state index >= 15 is 0 Å². The van der Waals surface area contributed by atoms with E-state index in [1.54, 1.807) is 0 Å². The van der Waals surface area contributed by atoms with Gasteiger partial charge in [0.1, 0.15) is 0 Å². The van der Waals surface area contributed by atoms with E-state index in [1.165, 1.54) is 26.5 Å². The van der Waals surface area contributed by atoms with E-state index in [4.69, 9.17) is 5.73 Å². The molecular formula is C17H21NS. The Balaban J connectivity index is 2.17. The first-order chi connectivity index (χ1) is 9.10. The summed E-state index contributed by atoms with van der Waals surface area (Å²) in [7, 11) is 0. The summed E-state index contributed by atoms with van der Waals surface area (Å²) in [4.78, 5) is 2.59. The van der Waals surface area contributed by atoms with Crippen molar-refractivity contribution in [1.29, 1.82) is 0 Å². The summed E-state index contributed by atoms with van der Waals surface area (Å²) < 4.78 is 0. The van der Waals surface area contributed by atoms with Crippen LogP contribution in [0.15, 0.2) is 52.3 Å². The summed E-state index contributed by atoms with van der Waals surface area (Å²) in [5.74, 6) is 0. The van der Waals surface area contributed by atoms with Crippen LogP contribution in [-0.4, -0.2) is 0 Å². The molecule has 0 aliphatic heterocycles. The van der Waals surface area contributed by atoms with Crippen molar-refractivity contribution in [2.24, 2.45) is 5.73 Å². The maximum Gasteiger partial charge on any atom is 0.0292 e. The van der Waals surface area contributed by atoms with E-state index in [-0.39, 0.29) is 6.04 Å². The molecular weight excluding hydrogens is 250 g/mol. The minimum Gasteiger partial charge on any atom is -0.324 e. The molecule has 2 aromatic carbocycles. The fraction of sp³-hybridized carbons (Fsp3) is 0.294. The van der Waals surface area contributed by atoms with Crippen LogP contribution >= 0.6 is 11.8 Å². The van der Waals surface area contributed by atoms with Crippen LogP contribution in [0.5, 0.6) is 0 Å². The van der Waals surface area contributed by atoms with Crippen molar-refractivity contribution in [1.82, 2.24) is 0 Å². The highest BCUT2D eigenvalue weighted by Gasteiger charge is 2.05. The van der Waals surface area contributed by atoms with Crippen molar-refractivity contribution in [2.75, 3.05) is 0 Å². The van der Waals surface area contributed by atoms with Crippen LogP contribution in [0, 0.1) is 13.8 Å². The molecule has 0 amide bonds. The quantitative estimate of drug-likeness (QED) is 0.859. The summed E-state index contributed by atoms with van der Waals surface area (Å²) in [5, 5.41) is 0. The molecule has 2 N–H and O–H groups in total. The average molecular weight is 271 g/mol. The van der Waals surface area contributed by atoms with Crippen LogP contribution in [0.4, 0.5) is 0 Å². The molecule has 0 aromatic heterocycles. The van der Waals surface area contributed by atoms with Gasteiger partial charge in [-0.05, 0) is 55.2 Å². The second kappa shape index (κ2) is 6.27. The summed E-state index contributed by atoms with van der Waals surface area (Å²) in [6.45, 7) is 6.40. The Hall–Kier alpha value is -1.25. The van der Waals surface area contributed by atoms with Crippen LogP contribution < -0.4 is 5.73 Å². The third-order valence-corrected chi connectivity index (χ3v) is 4.49. The summed E-state index contributed by atoms with van der Waals surface area (Å²) in [6, 6.07) is 15.3. The molecule has 0 saturated heterocycles. The largest absolute Gasteiger partial charge is 0.324 e. The van der Waals surface area contributed by atoms with Gasteiger partial charge in [-0.25, -0.2) is 0 Å². The predicted molar refractivity (Wildman–Crippen MR) is 83.7 cm³/mol. The van der Waals surface area contributed by atoms with Gasteiger partial charge in [-0.2, -0.15) is 0 Å². The zero-order valence-electron chi connectivity index (χ0n) is 11.8. The van der Waals surface area contributed by atoms with Gasteiger partial charge < -0.3 is 5.73 Å². The molecule has 19 heavy (non-hydrogen) atoms. The van der Waals surface area contributed by atoms with Gasteiger partial charge in [-0.1, -0.05) is 43.0 Å². The van der Waals surface area contributed by atoms with Gasteiger partial charge in [0.25, 0.3) is 0 Å². The fourth-order valence-corrected chi connectivity index (χ4v) is 2.96. The smallest absolute Gasteiger partial charge is 0.0292 e. The number of hydrogen-bond acceptors (Lipinski definition) is 2. The summed E-state index contributed by atoms with van der Waals surface area (Å²) in [6.07, 6.45) is 0.976. The molecule has 0 radical (unpaired) electrons. The lowest BCUT2D eigenvalue weighted by Crippen LogP contribution is -2.07. The van der Waals surface area contributed by atoms with Crippen molar-refractivity contribution in [3.63, 3.8) is 0 Å². The van der Waals surface area contributed by atoms with Gasteiger partial charge in [-0.15, -0.1) is 0 Å². The molecule has 0 saturated carbocycles. The lowest BCUT2D eigenvalue weighted by Gasteiger charge is -2.11. The Labute approximate surface area is 120 Å². The molecule has 0 aliphatic rings. The van der Waals surface area contributed by atoms with Gasteiger partial charge in [0.05, 0.1) is 0 Å². The van der Waals surface area contributed by atoms with Gasteiger partial charge in [0.2, 0.25) is 0 Å². The minimum absolute atomic E-state index is 0.153. The normalized spacial score (nSPS) is 12.4. The molecule has 1 nitrogen and oxygen atoms in total. The minimum atomic E-state index is 0.153. The molecule has 0 aliphatic carbocycles. The van der Waals surface area contributed by atoms with E-state index in [2.05, 4.69) is 63.2 Å². The Morgan fingerprint density at radius 2 is 1.74 bits per heavy atom. The van der Waals surface area contributed by atoms with Gasteiger partial charge in [0, 0.05) is 15.8 Å². The standard InChI is InChI=1S/C17H21NS/c1-4-16(18)14-7-9-15(10-8-14)19-17-11-12(2)5-6-13(17)3/h5-11,16H,4,18H2,1-3H3/t16-/m1/s1. The van der Waals surface area contributed by atoms with Crippen LogP contribution in [0.25, 0.3) is 0 Å². The second-order valence-electron chi connectivity index (χ2n) is 4.95. The molecule has 1 atom stereocenters. The molecule has 0 unspecified atom stereocenters. The lowest BCUT2D eigenvalue weighted by atomic mass is 10.1. The van der Waals surface area contributed by atoms with Crippen molar-refractivity contribution in [3.05, 3.63) is 59.2 Å². The van der Waals surface area contributed by atoms with Crippen molar-refractivity contribution < 1.29 is 0 Å². The zero-order chi connectivity index (χ0) is 13.8. The Bertz CT molecular complexity index is 546. The first-order valence-electron chi connectivity index (χ1n) is 6.71. The maximum atomic E-state index is 6.03. The van der Waals surface area contributed by atoms with E-state index < -0.39 is 0 Å². The Morgan fingerprint density at radius 3 is 2.37 bits per heavy atom. The molecule has 100 valence electrons. The van der Waals surface area contributed by atoms with E-state index in [0.29, 0.717) is 0 Å². The third kappa shape index (κ3) is 3.62. The van der Waals surface area contributed by atoms with Gasteiger partial charge >= 0.3 is 0 Å². The number of aryl methyl sites for hydroxylation is 2. The third-order valence-electron chi connectivity index (χ3n) is 3.32. The first-order valence-corrected chi connectivity index (χ1v) is 7.52. The van der Waals surface area contributed by atoms with Crippen molar-refractivity contribution >= 4 is 11.8 Å². The molecule has 0 bridgehead atoms. The summed E-state index contributed by atoms with van der Waals surface area (Å²) >= 11 is 1.82. The highest BCUT2D eigenvalue weighted by atomic mass is 32.2. The van der Waals surface area contributed by atoms with Crippen LogP contribution in [0.3, 0.4) is 0 Å². The van der Waals surface area contributed by atoms with Crippen LogP contribution in [0.2, 0.25) is 0 Å². The molecule has 0 spiro atoms. The monoisotopic (exact) mass is 271 g/mol. The number of nitrogens with two attached hydrogens (primary N) is 1. The molecule has 0 heterocycles. The van der Waals surface area contributed by atoms with Gasteiger partial charge in [-0.3, -0.25) is 0 Å². The SMILES string of the molecule is CC[C@@H](N)c1ccc(Sc2cc(C)ccc2C)cc1. The number of hydrogen-bond donors (Lipinski definition) is 1. The fourth-order valence-electron chi connectivity index (χ4n) is 1.96. The molecule has 2 aromatic rings. The topological polar surface area (TPSA) is 26.0 Å². The Kier molecular flexibility index (Phi) is 4.67. The zero-order valence-corrected chi connectivity index (χ0v) is 12.6. The van der Waals surface area contributed by atoms with E-state index in [0.717, 1.165) is 6.42 Å². The van der Waals surface area contributed by atoms with Crippen molar-refractivity contribution in [2.45, 2.75) is 43.0 Å². The average Bonchev–Trinajstić information content (AvgIpc) is 2.43. The van der Waals surface area contributed by atoms with E-state index in [9.17, 15) is 0 Å². The molecule has 2 heteroatoms. The number of rotatable bonds is 4. The predicted octanol–water partition coefficient (Wildman–Crippen LogP) is 4.86. The number of benzene rings is 2. The molecule has 2 rings (SSSR count). The van der Waals surface area contributed by atoms with Crippen molar-refractivity contribution in [3.8, 4) is 0 Å². The first kappa shape index (κ1) is 14.2. The van der Waals surface area contributed by atoms with Crippen LogP contribution in [0.1, 0.15) is 36.1 Å². The highest BCUT2D eigenvalue weighted by molar-refractivity contribution is 7.99. The van der Waals surface area contributed by atoms with Crippen LogP contribution in [-0.2, 0) is 0 Å². The molecule has 0 fully saturated rings. The van der Waals surface area contributed by atoms with Gasteiger partial charge in [0.15, 0.2) is 0 Å². The Morgan fingerprint density at radius 1 is 1.05 bits per heavy atom. The lowest BCUT2D eigenvalue weighted by molar-refractivity contribution is 0.698. The maximum absolute atomic E-state index is 6.03. The second-order valence-corrected chi connectivity index (χ2v) is 6.07. The van der Waals surface area contributed by atoms with E-state index in [1.807, 2.05) is 11.8 Å².